The number of hydrogen-bond acceptors (Lipinski definition) is 2. The predicted octanol–water partition coefficient (Wildman–Crippen LogP) is 3.23. The third-order valence-electron chi connectivity index (χ3n) is 3.42. The van der Waals surface area contributed by atoms with Crippen LogP contribution in [-0.2, 0) is 12.1 Å². The highest BCUT2D eigenvalue weighted by atomic mass is 19.4. The number of rotatable bonds is 5. The van der Waals surface area contributed by atoms with E-state index in [1.165, 1.54) is 24.3 Å². The topological polar surface area (TPSA) is 32.3 Å². The Hall–Kier alpha value is -1.85. The van der Waals surface area contributed by atoms with Crippen molar-refractivity contribution in [2.24, 2.45) is 0 Å². The molecule has 2 aromatic rings. The van der Waals surface area contributed by atoms with Crippen LogP contribution < -0.4 is 5.32 Å². The molecule has 0 aliphatic heterocycles. The van der Waals surface area contributed by atoms with Gasteiger partial charge in [0.25, 0.3) is 0 Å². The van der Waals surface area contributed by atoms with Crippen LogP contribution in [0.1, 0.15) is 11.1 Å². The molecule has 0 aromatic heterocycles. The Bertz CT molecular complexity index is 557. The highest BCUT2D eigenvalue weighted by molar-refractivity contribution is 5.27. The van der Waals surface area contributed by atoms with Crippen LogP contribution in [0.4, 0.5) is 13.2 Å². The van der Waals surface area contributed by atoms with Crippen molar-refractivity contribution in [3.63, 3.8) is 0 Å². The molecule has 1 atom stereocenters. The van der Waals surface area contributed by atoms with E-state index in [1.54, 1.807) is 36.4 Å². The zero-order valence-corrected chi connectivity index (χ0v) is 11.3. The Balaban J connectivity index is 2.33. The number of benzene rings is 2. The SMILES string of the molecule is OC[C@@](NCc1ccccc1)(c1ccccc1)C(F)(F)F. The average Bonchev–Trinajstić information content (AvgIpc) is 2.49. The summed E-state index contributed by atoms with van der Waals surface area (Å²) >= 11 is 0. The van der Waals surface area contributed by atoms with E-state index < -0.39 is 18.3 Å². The van der Waals surface area contributed by atoms with Crippen LogP contribution in [0.2, 0.25) is 0 Å². The Labute approximate surface area is 121 Å². The minimum absolute atomic E-state index is 0.00377. The molecule has 0 fully saturated rings. The largest absolute Gasteiger partial charge is 0.413 e. The van der Waals surface area contributed by atoms with Crippen LogP contribution in [0.3, 0.4) is 0 Å². The van der Waals surface area contributed by atoms with Crippen LogP contribution in [0.25, 0.3) is 0 Å². The summed E-state index contributed by atoms with van der Waals surface area (Å²) in [5.74, 6) is 0. The molecule has 0 spiro atoms. The van der Waals surface area contributed by atoms with Gasteiger partial charge in [-0.05, 0) is 11.1 Å². The summed E-state index contributed by atoms with van der Waals surface area (Å²) in [6, 6.07) is 16.2. The lowest BCUT2D eigenvalue weighted by Crippen LogP contribution is -2.56. The van der Waals surface area contributed by atoms with E-state index in [0.717, 1.165) is 5.56 Å². The zero-order chi connectivity index (χ0) is 15.3. The maximum Gasteiger partial charge on any atom is 0.413 e. The number of aliphatic hydroxyl groups excluding tert-OH is 1. The van der Waals surface area contributed by atoms with E-state index in [4.69, 9.17) is 0 Å². The molecule has 0 bridgehead atoms. The normalized spacial score (nSPS) is 14.7. The van der Waals surface area contributed by atoms with Crippen molar-refractivity contribution in [2.75, 3.05) is 6.61 Å². The molecule has 2 nitrogen and oxygen atoms in total. The van der Waals surface area contributed by atoms with E-state index >= 15 is 0 Å². The monoisotopic (exact) mass is 295 g/mol. The summed E-state index contributed by atoms with van der Waals surface area (Å²) in [4.78, 5) is 0. The molecule has 112 valence electrons. The summed E-state index contributed by atoms with van der Waals surface area (Å²) in [5.41, 5.74) is -1.75. The molecular weight excluding hydrogens is 279 g/mol. The lowest BCUT2D eigenvalue weighted by Gasteiger charge is -2.35. The zero-order valence-electron chi connectivity index (χ0n) is 11.3. The number of aliphatic hydroxyl groups is 1. The van der Waals surface area contributed by atoms with E-state index in [9.17, 15) is 18.3 Å². The number of hydrogen-bond donors (Lipinski definition) is 2. The first-order valence-electron chi connectivity index (χ1n) is 6.52. The fraction of sp³-hybridized carbons (Fsp3) is 0.250. The van der Waals surface area contributed by atoms with Crippen LogP contribution in [0.5, 0.6) is 0 Å². The van der Waals surface area contributed by atoms with Gasteiger partial charge >= 0.3 is 6.18 Å². The van der Waals surface area contributed by atoms with Gasteiger partial charge in [0.15, 0.2) is 5.54 Å². The van der Waals surface area contributed by atoms with E-state index in [1.807, 2.05) is 0 Å². The van der Waals surface area contributed by atoms with Gasteiger partial charge in [0, 0.05) is 6.54 Å². The molecule has 2 aromatic carbocycles. The van der Waals surface area contributed by atoms with Gasteiger partial charge < -0.3 is 5.11 Å². The Morgan fingerprint density at radius 2 is 1.38 bits per heavy atom. The molecule has 0 radical (unpaired) electrons. The van der Waals surface area contributed by atoms with Crippen molar-refractivity contribution < 1.29 is 18.3 Å². The van der Waals surface area contributed by atoms with Gasteiger partial charge in [0.2, 0.25) is 0 Å². The molecule has 0 unspecified atom stereocenters. The highest BCUT2D eigenvalue weighted by Crippen LogP contribution is 2.38. The molecule has 2 N–H and O–H groups in total. The molecule has 2 rings (SSSR count). The Morgan fingerprint density at radius 1 is 0.857 bits per heavy atom. The minimum atomic E-state index is -4.61. The van der Waals surface area contributed by atoms with Gasteiger partial charge in [-0.15, -0.1) is 0 Å². The minimum Gasteiger partial charge on any atom is -0.394 e. The van der Waals surface area contributed by atoms with Crippen molar-refractivity contribution in [1.82, 2.24) is 5.32 Å². The predicted molar refractivity (Wildman–Crippen MR) is 74.5 cm³/mol. The lowest BCUT2D eigenvalue weighted by atomic mass is 9.89. The molecule has 21 heavy (non-hydrogen) atoms. The van der Waals surface area contributed by atoms with Gasteiger partial charge in [-0.1, -0.05) is 60.7 Å². The highest BCUT2D eigenvalue weighted by Gasteiger charge is 2.55. The van der Waals surface area contributed by atoms with E-state index in [-0.39, 0.29) is 12.1 Å². The first-order chi connectivity index (χ1) is 9.99. The Morgan fingerprint density at radius 3 is 1.86 bits per heavy atom. The van der Waals surface area contributed by atoms with E-state index in [2.05, 4.69) is 5.32 Å². The second kappa shape index (κ2) is 6.28. The van der Waals surface area contributed by atoms with Gasteiger partial charge in [-0.25, -0.2) is 0 Å². The van der Waals surface area contributed by atoms with Crippen LogP contribution >= 0.6 is 0 Å². The maximum absolute atomic E-state index is 13.5. The van der Waals surface area contributed by atoms with Crippen molar-refractivity contribution in [1.29, 1.82) is 0 Å². The van der Waals surface area contributed by atoms with Crippen LogP contribution in [-0.4, -0.2) is 17.9 Å². The smallest absolute Gasteiger partial charge is 0.394 e. The van der Waals surface area contributed by atoms with Crippen molar-refractivity contribution in [3.8, 4) is 0 Å². The lowest BCUT2D eigenvalue weighted by molar-refractivity contribution is -0.212. The van der Waals surface area contributed by atoms with Gasteiger partial charge in [0.05, 0.1) is 6.61 Å². The number of alkyl halides is 3. The fourth-order valence-corrected chi connectivity index (χ4v) is 2.17. The molecule has 0 aliphatic rings. The Kier molecular flexibility index (Phi) is 4.65. The molecule has 0 aliphatic carbocycles. The van der Waals surface area contributed by atoms with Crippen LogP contribution in [0, 0.1) is 0 Å². The summed E-state index contributed by atoms with van der Waals surface area (Å²) in [7, 11) is 0. The standard InChI is InChI=1S/C16H16F3NO/c17-16(18,19)15(12-21,14-9-5-2-6-10-14)20-11-13-7-3-1-4-8-13/h1-10,20-21H,11-12H2/t15-/m1/s1. The quantitative estimate of drug-likeness (QED) is 0.887. The van der Waals surface area contributed by atoms with Gasteiger partial charge in [-0.3, -0.25) is 5.32 Å². The second-order valence-electron chi connectivity index (χ2n) is 4.77. The molecule has 0 heterocycles. The van der Waals surface area contributed by atoms with Gasteiger partial charge in [-0.2, -0.15) is 13.2 Å². The third kappa shape index (κ3) is 3.25. The molecule has 0 amide bonds. The van der Waals surface area contributed by atoms with Gasteiger partial charge in [0.1, 0.15) is 0 Å². The molecule has 0 saturated heterocycles. The molecular formula is C16H16F3NO. The first-order valence-corrected chi connectivity index (χ1v) is 6.52. The van der Waals surface area contributed by atoms with Crippen molar-refractivity contribution in [2.45, 2.75) is 18.3 Å². The van der Waals surface area contributed by atoms with E-state index in [0.29, 0.717) is 0 Å². The second-order valence-corrected chi connectivity index (χ2v) is 4.77. The van der Waals surface area contributed by atoms with Crippen molar-refractivity contribution in [3.05, 3.63) is 71.8 Å². The van der Waals surface area contributed by atoms with Crippen LogP contribution in [0.15, 0.2) is 60.7 Å². The summed E-state index contributed by atoms with van der Waals surface area (Å²) in [5, 5.41) is 11.9. The number of nitrogens with one attached hydrogen (secondary N) is 1. The molecule has 5 heteroatoms. The summed E-state index contributed by atoms with van der Waals surface area (Å²) in [6.07, 6.45) is -4.61. The third-order valence-corrected chi connectivity index (χ3v) is 3.42. The maximum atomic E-state index is 13.5. The first kappa shape index (κ1) is 15.5. The fourth-order valence-electron chi connectivity index (χ4n) is 2.17. The van der Waals surface area contributed by atoms with Crippen molar-refractivity contribution >= 4 is 0 Å². The summed E-state index contributed by atoms with van der Waals surface area (Å²) < 4.78 is 40.6. The number of halogens is 3. The summed E-state index contributed by atoms with van der Waals surface area (Å²) in [6.45, 7) is -1.05. The average molecular weight is 295 g/mol. The molecule has 0 saturated carbocycles.